The summed E-state index contributed by atoms with van der Waals surface area (Å²) in [6.07, 6.45) is 1.27. The highest BCUT2D eigenvalue weighted by Gasteiger charge is 2.23. The lowest BCUT2D eigenvalue weighted by Gasteiger charge is -2.30. The summed E-state index contributed by atoms with van der Waals surface area (Å²) in [6.45, 7) is 0.618. The third-order valence-corrected chi connectivity index (χ3v) is 2.77. The monoisotopic (exact) mass is 252 g/mol. The van der Waals surface area contributed by atoms with Gasteiger partial charge >= 0.3 is 6.01 Å². The van der Waals surface area contributed by atoms with Gasteiger partial charge in [-0.2, -0.15) is 15.0 Å². The highest BCUT2D eigenvalue weighted by Crippen LogP contribution is 2.15. The van der Waals surface area contributed by atoms with Crippen molar-refractivity contribution < 1.29 is 9.53 Å². The molecule has 98 valence electrons. The van der Waals surface area contributed by atoms with Crippen LogP contribution < -0.4 is 15.8 Å². The van der Waals surface area contributed by atoms with Gasteiger partial charge in [0.1, 0.15) is 0 Å². The third-order valence-electron chi connectivity index (χ3n) is 2.77. The van der Waals surface area contributed by atoms with Crippen LogP contribution in [0.15, 0.2) is 0 Å². The van der Waals surface area contributed by atoms with Gasteiger partial charge in [0.2, 0.25) is 17.8 Å². The summed E-state index contributed by atoms with van der Waals surface area (Å²) >= 11 is 0. The van der Waals surface area contributed by atoms with Crippen LogP contribution in [0.4, 0.5) is 11.9 Å². The van der Waals surface area contributed by atoms with Crippen LogP contribution in [0.1, 0.15) is 12.8 Å². The van der Waals surface area contributed by atoms with Crippen molar-refractivity contribution in [3.63, 3.8) is 0 Å². The molecule has 1 aliphatic heterocycles. The number of piperidine rings is 1. The molecule has 2 rings (SSSR count). The fourth-order valence-electron chi connectivity index (χ4n) is 1.84. The number of methoxy groups -OCH3 is 1. The zero-order valence-corrected chi connectivity index (χ0v) is 10.4. The van der Waals surface area contributed by atoms with Gasteiger partial charge in [0.25, 0.3) is 0 Å². The minimum atomic E-state index is 0.101. The van der Waals surface area contributed by atoms with Crippen LogP contribution in [0, 0.1) is 0 Å². The van der Waals surface area contributed by atoms with E-state index >= 15 is 0 Å². The molecule has 1 aliphatic rings. The number of anilines is 2. The SMILES string of the molecule is COc1nc(N)nc(NC2CCC(=O)N(C)C2)n1. The van der Waals surface area contributed by atoms with Crippen LogP contribution in [0.25, 0.3) is 0 Å². The van der Waals surface area contributed by atoms with Crippen molar-refractivity contribution in [1.82, 2.24) is 19.9 Å². The van der Waals surface area contributed by atoms with E-state index < -0.39 is 0 Å². The Labute approximate surface area is 105 Å². The van der Waals surface area contributed by atoms with Gasteiger partial charge < -0.3 is 20.7 Å². The summed E-state index contributed by atoms with van der Waals surface area (Å²) < 4.78 is 4.92. The predicted octanol–water partition coefficient (Wildman–Crippen LogP) is -0.505. The number of nitrogen functional groups attached to an aromatic ring is 1. The maximum Gasteiger partial charge on any atom is 0.322 e. The average Bonchev–Trinajstić information content (AvgIpc) is 2.33. The zero-order chi connectivity index (χ0) is 13.1. The summed E-state index contributed by atoms with van der Waals surface area (Å²) in [6, 6.07) is 0.282. The van der Waals surface area contributed by atoms with E-state index in [1.807, 2.05) is 0 Å². The van der Waals surface area contributed by atoms with Gasteiger partial charge in [0.05, 0.1) is 7.11 Å². The van der Waals surface area contributed by atoms with E-state index in [9.17, 15) is 4.79 Å². The molecule has 1 atom stereocenters. The molecule has 8 heteroatoms. The summed E-state index contributed by atoms with van der Waals surface area (Å²) in [5, 5.41) is 3.13. The second-order valence-corrected chi connectivity index (χ2v) is 4.16. The van der Waals surface area contributed by atoms with Crippen molar-refractivity contribution in [2.45, 2.75) is 18.9 Å². The Morgan fingerprint density at radius 1 is 1.44 bits per heavy atom. The molecular weight excluding hydrogens is 236 g/mol. The Hall–Kier alpha value is -2.12. The molecule has 1 aromatic heterocycles. The first-order valence-corrected chi connectivity index (χ1v) is 5.64. The number of likely N-dealkylation sites (tertiary alicyclic amines) is 1. The number of amides is 1. The van der Waals surface area contributed by atoms with Crippen LogP contribution in [-0.4, -0.2) is 52.5 Å². The molecule has 0 spiro atoms. The molecule has 18 heavy (non-hydrogen) atoms. The first-order chi connectivity index (χ1) is 8.58. The average molecular weight is 252 g/mol. The van der Waals surface area contributed by atoms with Gasteiger partial charge in [-0.3, -0.25) is 4.79 Å². The molecule has 1 amide bonds. The zero-order valence-electron chi connectivity index (χ0n) is 10.4. The molecule has 8 nitrogen and oxygen atoms in total. The van der Waals surface area contributed by atoms with Crippen LogP contribution in [0.5, 0.6) is 6.01 Å². The van der Waals surface area contributed by atoms with E-state index in [1.54, 1.807) is 11.9 Å². The van der Waals surface area contributed by atoms with Crippen molar-refractivity contribution in [3.05, 3.63) is 0 Å². The van der Waals surface area contributed by atoms with Crippen molar-refractivity contribution in [3.8, 4) is 6.01 Å². The molecule has 0 saturated carbocycles. The first kappa shape index (κ1) is 12.3. The maximum absolute atomic E-state index is 11.4. The molecule has 0 aliphatic carbocycles. The summed E-state index contributed by atoms with van der Waals surface area (Å²) in [4.78, 5) is 24.9. The minimum Gasteiger partial charge on any atom is -0.467 e. The molecule has 1 unspecified atom stereocenters. The quantitative estimate of drug-likeness (QED) is 0.746. The van der Waals surface area contributed by atoms with Crippen molar-refractivity contribution in [2.24, 2.45) is 0 Å². The van der Waals surface area contributed by atoms with Crippen LogP contribution in [0.2, 0.25) is 0 Å². The Bertz CT molecular complexity index is 452. The van der Waals surface area contributed by atoms with Gasteiger partial charge in [-0.1, -0.05) is 0 Å². The number of ether oxygens (including phenoxy) is 1. The molecule has 1 saturated heterocycles. The summed E-state index contributed by atoms with van der Waals surface area (Å²) in [5.41, 5.74) is 5.54. The number of carbonyl (C=O) groups excluding carboxylic acids is 1. The van der Waals surface area contributed by atoms with E-state index in [-0.39, 0.29) is 23.9 Å². The highest BCUT2D eigenvalue weighted by molar-refractivity contribution is 5.76. The number of carbonyl (C=O) groups is 1. The van der Waals surface area contributed by atoms with E-state index in [0.717, 1.165) is 6.42 Å². The number of hydrogen-bond donors (Lipinski definition) is 2. The Morgan fingerprint density at radius 3 is 2.89 bits per heavy atom. The number of likely N-dealkylation sites (N-methyl/N-ethyl adjacent to an activating group) is 1. The maximum atomic E-state index is 11.4. The Balaban J connectivity index is 2.05. The van der Waals surface area contributed by atoms with Crippen LogP contribution in [-0.2, 0) is 4.79 Å². The van der Waals surface area contributed by atoms with Crippen molar-refractivity contribution in [1.29, 1.82) is 0 Å². The highest BCUT2D eigenvalue weighted by atomic mass is 16.5. The summed E-state index contributed by atoms with van der Waals surface area (Å²) in [7, 11) is 3.24. The Morgan fingerprint density at radius 2 is 2.22 bits per heavy atom. The molecular formula is C10H16N6O2. The molecule has 1 aromatic rings. The number of aromatic nitrogens is 3. The lowest BCUT2D eigenvalue weighted by Crippen LogP contribution is -2.43. The molecule has 2 heterocycles. The fraction of sp³-hybridized carbons (Fsp3) is 0.600. The van der Waals surface area contributed by atoms with Crippen LogP contribution in [0.3, 0.4) is 0 Å². The Kier molecular flexibility index (Phi) is 3.45. The molecule has 0 aromatic carbocycles. The van der Waals surface area contributed by atoms with E-state index in [4.69, 9.17) is 10.5 Å². The second kappa shape index (κ2) is 5.03. The first-order valence-electron chi connectivity index (χ1n) is 5.64. The van der Waals surface area contributed by atoms with Crippen molar-refractivity contribution in [2.75, 3.05) is 31.8 Å². The fourth-order valence-corrected chi connectivity index (χ4v) is 1.84. The van der Waals surface area contributed by atoms with Gasteiger partial charge in [-0.05, 0) is 6.42 Å². The van der Waals surface area contributed by atoms with Gasteiger partial charge in [-0.25, -0.2) is 0 Å². The lowest BCUT2D eigenvalue weighted by atomic mass is 10.1. The predicted molar refractivity (Wildman–Crippen MR) is 65.1 cm³/mol. The second-order valence-electron chi connectivity index (χ2n) is 4.16. The number of nitrogens with two attached hydrogens (primary N) is 1. The molecule has 0 bridgehead atoms. The van der Waals surface area contributed by atoms with Gasteiger partial charge in [0.15, 0.2) is 0 Å². The largest absolute Gasteiger partial charge is 0.467 e. The van der Waals surface area contributed by atoms with E-state index in [1.165, 1.54) is 7.11 Å². The topological polar surface area (TPSA) is 106 Å². The smallest absolute Gasteiger partial charge is 0.322 e. The molecule has 3 N–H and O–H groups in total. The normalized spacial score (nSPS) is 19.8. The minimum absolute atomic E-state index is 0.101. The van der Waals surface area contributed by atoms with Crippen molar-refractivity contribution >= 4 is 17.8 Å². The molecule has 1 fully saturated rings. The summed E-state index contributed by atoms with van der Waals surface area (Å²) in [5.74, 6) is 0.623. The number of hydrogen-bond acceptors (Lipinski definition) is 7. The van der Waals surface area contributed by atoms with E-state index in [0.29, 0.717) is 18.9 Å². The number of nitrogens with zero attached hydrogens (tertiary/aromatic N) is 4. The number of rotatable bonds is 3. The van der Waals surface area contributed by atoms with E-state index in [2.05, 4.69) is 20.3 Å². The molecule has 0 radical (unpaired) electrons. The van der Waals surface area contributed by atoms with Gasteiger partial charge in [0, 0.05) is 26.1 Å². The number of nitrogens with one attached hydrogen (secondary N) is 1. The standard InChI is InChI=1S/C10H16N6O2/c1-16-5-6(3-4-7(16)17)12-9-13-8(11)14-10(15-9)18-2/h6H,3-5H2,1-2H3,(H3,11,12,13,14,15). The lowest BCUT2D eigenvalue weighted by molar-refractivity contribution is -0.132. The van der Waals surface area contributed by atoms with Crippen LogP contribution >= 0.6 is 0 Å². The van der Waals surface area contributed by atoms with Gasteiger partial charge in [-0.15, -0.1) is 0 Å². The third kappa shape index (κ3) is 2.76.